The van der Waals surface area contributed by atoms with E-state index in [2.05, 4.69) is 47.2 Å². The first-order chi connectivity index (χ1) is 9.70. The Bertz CT molecular complexity index is 431. The molecule has 1 heterocycles. The van der Waals surface area contributed by atoms with Crippen LogP contribution in [0.25, 0.3) is 0 Å². The molecule has 0 saturated carbocycles. The Morgan fingerprint density at radius 2 is 2.30 bits per heavy atom. The average Bonchev–Trinajstić information content (AvgIpc) is 2.91. The van der Waals surface area contributed by atoms with E-state index in [1.165, 1.54) is 11.1 Å². The molecule has 1 aliphatic heterocycles. The van der Waals surface area contributed by atoms with Crippen LogP contribution in [0.4, 0.5) is 0 Å². The fraction of sp³-hybridized carbons (Fsp3) is 0.625. The predicted molar refractivity (Wildman–Crippen MR) is 85.3 cm³/mol. The molecule has 1 aromatic rings. The smallest absolute Gasteiger partial charge is 0.126 e. The summed E-state index contributed by atoms with van der Waals surface area (Å²) in [5.74, 6) is 1.57. The molecule has 1 atom stereocenters. The van der Waals surface area contributed by atoms with Gasteiger partial charge in [-0.1, -0.05) is 22.9 Å². The topological polar surface area (TPSA) is 30.5 Å². The molecule has 0 bridgehead atoms. The van der Waals surface area contributed by atoms with Crippen LogP contribution in [0.15, 0.2) is 16.6 Å². The molecule has 4 heteroatoms. The molecule has 1 unspecified atom stereocenters. The Morgan fingerprint density at radius 3 is 3.00 bits per heavy atom. The van der Waals surface area contributed by atoms with Gasteiger partial charge >= 0.3 is 0 Å². The summed E-state index contributed by atoms with van der Waals surface area (Å²) in [6, 6.07) is 4.26. The lowest BCUT2D eigenvalue weighted by atomic mass is 10.1. The van der Waals surface area contributed by atoms with Gasteiger partial charge in [-0.3, -0.25) is 0 Å². The zero-order valence-electron chi connectivity index (χ0n) is 12.4. The van der Waals surface area contributed by atoms with Crippen LogP contribution in [0.3, 0.4) is 0 Å². The monoisotopic (exact) mass is 341 g/mol. The van der Waals surface area contributed by atoms with E-state index in [0.717, 1.165) is 56.0 Å². The molecule has 20 heavy (non-hydrogen) atoms. The highest BCUT2D eigenvalue weighted by Gasteiger charge is 2.18. The van der Waals surface area contributed by atoms with Crippen LogP contribution in [0.2, 0.25) is 0 Å². The first-order valence-corrected chi connectivity index (χ1v) is 8.20. The first kappa shape index (κ1) is 15.8. The van der Waals surface area contributed by atoms with Crippen LogP contribution in [0, 0.1) is 12.8 Å². The van der Waals surface area contributed by atoms with E-state index in [-0.39, 0.29) is 0 Å². The Morgan fingerprint density at radius 1 is 1.45 bits per heavy atom. The van der Waals surface area contributed by atoms with Crippen molar-refractivity contribution in [3.63, 3.8) is 0 Å². The molecule has 0 spiro atoms. The number of rotatable bonds is 7. The van der Waals surface area contributed by atoms with Gasteiger partial charge in [-0.25, -0.2) is 0 Å². The predicted octanol–water partition coefficient (Wildman–Crippen LogP) is 3.67. The third-order valence-electron chi connectivity index (χ3n) is 3.55. The van der Waals surface area contributed by atoms with Crippen molar-refractivity contribution in [3.8, 4) is 5.75 Å². The summed E-state index contributed by atoms with van der Waals surface area (Å²) in [5, 5.41) is 3.45. The lowest BCUT2D eigenvalue weighted by molar-refractivity contribution is 0.166. The van der Waals surface area contributed by atoms with Crippen LogP contribution in [-0.2, 0) is 11.3 Å². The van der Waals surface area contributed by atoms with E-state index in [0.29, 0.717) is 5.92 Å². The van der Waals surface area contributed by atoms with Crippen molar-refractivity contribution in [1.82, 2.24) is 5.32 Å². The molecule has 1 fully saturated rings. The summed E-state index contributed by atoms with van der Waals surface area (Å²) in [7, 11) is 0. The average molecular weight is 342 g/mol. The second kappa shape index (κ2) is 8.01. The summed E-state index contributed by atoms with van der Waals surface area (Å²) in [5.41, 5.74) is 2.41. The lowest BCUT2D eigenvalue weighted by Crippen LogP contribution is -2.17. The van der Waals surface area contributed by atoms with Crippen LogP contribution in [0.1, 0.15) is 30.9 Å². The number of benzene rings is 1. The summed E-state index contributed by atoms with van der Waals surface area (Å²) in [6.45, 7) is 8.62. The molecule has 0 aromatic heterocycles. The van der Waals surface area contributed by atoms with E-state index >= 15 is 0 Å². The molecule has 112 valence electrons. The largest absolute Gasteiger partial charge is 0.493 e. The highest BCUT2D eigenvalue weighted by Crippen LogP contribution is 2.29. The number of halogens is 1. The molecule has 1 N–H and O–H groups in total. The Hall–Kier alpha value is -0.580. The molecule has 1 aliphatic rings. The maximum absolute atomic E-state index is 6.10. The highest BCUT2D eigenvalue weighted by atomic mass is 79.9. The van der Waals surface area contributed by atoms with Gasteiger partial charge in [0.05, 0.1) is 13.2 Å². The minimum absolute atomic E-state index is 0.537. The fourth-order valence-corrected chi connectivity index (χ4v) is 3.07. The van der Waals surface area contributed by atoms with Crippen LogP contribution >= 0.6 is 15.9 Å². The van der Waals surface area contributed by atoms with E-state index in [1.54, 1.807) is 0 Å². The normalized spacial score (nSPS) is 18.4. The van der Waals surface area contributed by atoms with E-state index in [1.807, 2.05) is 0 Å². The van der Waals surface area contributed by atoms with Crippen molar-refractivity contribution >= 4 is 15.9 Å². The van der Waals surface area contributed by atoms with Gasteiger partial charge in [0.15, 0.2) is 0 Å². The summed E-state index contributed by atoms with van der Waals surface area (Å²) >= 11 is 3.57. The number of hydrogen-bond donors (Lipinski definition) is 1. The Kier molecular flexibility index (Phi) is 6.33. The van der Waals surface area contributed by atoms with Crippen molar-refractivity contribution in [2.45, 2.75) is 33.2 Å². The van der Waals surface area contributed by atoms with E-state index < -0.39 is 0 Å². The van der Waals surface area contributed by atoms with E-state index in [4.69, 9.17) is 9.47 Å². The molecule has 2 rings (SSSR count). The van der Waals surface area contributed by atoms with Gasteiger partial charge < -0.3 is 14.8 Å². The maximum Gasteiger partial charge on any atom is 0.126 e. The van der Waals surface area contributed by atoms with Crippen LogP contribution in [0.5, 0.6) is 5.75 Å². The zero-order valence-corrected chi connectivity index (χ0v) is 14.0. The van der Waals surface area contributed by atoms with Gasteiger partial charge in [0, 0.05) is 29.1 Å². The third kappa shape index (κ3) is 4.47. The quantitative estimate of drug-likeness (QED) is 0.767. The van der Waals surface area contributed by atoms with E-state index in [9.17, 15) is 0 Å². The Balaban J connectivity index is 2.03. The second-order valence-corrected chi connectivity index (χ2v) is 6.34. The van der Waals surface area contributed by atoms with Crippen molar-refractivity contribution in [3.05, 3.63) is 27.7 Å². The summed E-state index contributed by atoms with van der Waals surface area (Å²) < 4.78 is 12.6. The summed E-state index contributed by atoms with van der Waals surface area (Å²) in [4.78, 5) is 0. The number of ether oxygens (including phenoxy) is 2. The van der Waals surface area contributed by atoms with Gasteiger partial charge in [-0.05, 0) is 44.0 Å². The minimum Gasteiger partial charge on any atom is -0.493 e. The van der Waals surface area contributed by atoms with Gasteiger partial charge in [-0.2, -0.15) is 0 Å². The number of aryl methyl sites for hydroxylation is 1. The van der Waals surface area contributed by atoms with Crippen molar-refractivity contribution < 1.29 is 9.47 Å². The van der Waals surface area contributed by atoms with Gasteiger partial charge in [0.25, 0.3) is 0 Å². The van der Waals surface area contributed by atoms with Gasteiger partial charge in [0.2, 0.25) is 0 Å². The zero-order chi connectivity index (χ0) is 14.4. The maximum atomic E-state index is 6.10. The first-order valence-electron chi connectivity index (χ1n) is 7.41. The SMILES string of the molecule is CCCNCc1cc(Br)cc(C)c1OCC1CCOC1. The van der Waals surface area contributed by atoms with Crippen LogP contribution < -0.4 is 10.1 Å². The second-order valence-electron chi connectivity index (χ2n) is 5.43. The molecule has 0 aliphatic carbocycles. The van der Waals surface area contributed by atoms with Crippen molar-refractivity contribution in [1.29, 1.82) is 0 Å². The lowest BCUT2D eigenvalue weighted by Gasteiger charge is -2.17. The molecule has 1 saturated heterocycles. The standard InChI is InChI=1S/C16H24BrNO2/c1-3-5-18-9-14-8-15(17)7-12(2)16(14)20-11-13-4-6-19-10-13/h7-8,13,18H,3-6,9-11H2,1-2H3. The van der Waals surface area contributed by atoms with Crippen molar-refractivity contribution in [2.24, 2.45) is 5.92 Å². The molecule has 3 nitrogen and oxygen atoms in total. The molecule has 0 radical (unpaired) electrons. The molecular weight excluding hydrogens is 318 g/mol. The van der Waals surface area contributed by atoms with Crippen molar-refractivity contribution in [2.75, 3.05) is 26.4 Å². The number of hydrogen-bond acceptors (Lipinski definition) is 3. The molecule has 0 amide bonds. The third-order valence-corrected chi connectivity index (χ3v) is 4.00. The van der Waals surface area contributed by atoms with Gasteiger partial charge in [0.1, 0.15) is 5.75 Å². The summed E-state index contributed by atoms with van der Waals surface area (Å²) in [6.07, 6.45) is 2.25. The molecular formula is C16H24BrNO2. The number of nitrogens with one attached hydrogen (secondary N) is 1. The molecule has 1 aromatic carbocycles. The highest BCUT2D eigenvalue weighted by molar-refractivity contribution is 9.10. The van der Waals surface area contributed by atoms with Crippen LogP contribution in [-0.4, -0.2) is 26.4 Å². The Labute approximate surface area is 130 Å². The minimum atomic E-state index is 0.537. The fourth-order valence-electron chi connectivity index (χ4n) is 2.45. The van der Waals surface area contributed by atoms with Gasteiger partial charge in [-0.15, -0.1) is 0 Å².